The van der Waals surface area contributed by atoms with Gasteiger partial charge in [0.15, 0.2) is 5.54 Å². The third-order valence-electron chi connectivity index (χ3n) is 2.16. The monoisotopic (exact) mass is 237 g/mol. The summed E-state index contributed by atoms with van der Waals surface area (Å²) in [6.07, 6.45) is 3.07. The van der Waals surface area contributed by atoms with Gasteiger partial charge in [0.25, 0.3) is 5.91 Å². The van der Waals surface area contributed by atoms with Gasteiger partial charge in [0.1, 0.15) is 6.61 Å². The van der Waals surface area contributed by atoms with Crippen molar-refractivity contribution in [2.24, 2.45) is 10.2 Å². The molecule has 1 unspecified atom stereocenters. The zero-order chi connectivity index (χ0) is 12.9. The van der Waals surface area contributed by atoms with Gasteiger partial charge in [0.2, 0.25) is 0 Å². The van der Waals surface area contributed by atoms with Crippen molar-refractivity contribution in [1.82, 2.24) is 5.32 Å². The maximum Gasteiger partial charge on any atom is 0.333 e. The van der Waals surface area contributed by atoms with Crippen LogP contribution in [0.3, 0.4) is 0 Å². The molecule has 0 aromatic rings. The third-order valence-corrected chi connectivity index (χ3v) is 2.16. The largest absolute Gasteiger partial charge is 0.460 e. The summed E-state index contributed by atoms with van der Waals surface area (Å²) >= 11 is 0. The van der Waals surface area contributed by atoms with Crippen molar-refractivity contribution >= 4 is 11.9 Å². The minimum atomic E-state index is -0.946. The van der Waals surface area contributed by atoms with Crippen LogP contribution in [0, 0.1) is 0 Å². The Morgan fingerprint density at radius 3 is 2.76 bits per heavy atom. The highest BCUT2D eigenvalue weighted by molar-refractivity contribution is 5.88. The second-order valence-electron chi connectivity index (χ2n) is 3.85. The van der Waals surface area contributed by atoms with Gasteiger partial charge < -0.3 is 10.1 Å². The van der Waals surface area contributed by atoms with Crippen molar-refractivity contribution in [2.45, 2.75) is 19.4 Å². The van der Waals surface area contributed by atoms with Gasteiger partial charge in [-0.05, 0) is 19.9 Å². The SMILES string of the molecule is C=C(C)C(=O)OCCNC(=O)C1(C)C=CN=N1. The number of ether oxygens (including phenoxy) is 1. The molecule has 0 fully saturated rings. The summed E-state index contributed by atoms with van der Waals surface area (Å²) < 4.78 is 4.82. The first-order valence-corrected chi connectivity index (χ1v) is 5.16. The molecule has 6 heteroatoms. The van der Waals surface area contributed by atoms with Crippen LogP contribution in [0.4, 0.5) is 0 Å². The van der Waals surface area contributed by atoms with Gasteiger partial charge in [-0.1, -0.05) is 6.58 Å². The van der Waals surface area contributed by atoms with E-state index in [2.05, 4.69) is 22.1 Å². The lowest BCUT2D eigenvalue weighted by Crippen LogP contribution is -2.42. The Hall–Kier alpha value is -1.98. The molecule has 92 valence electrons. The molecule has 0 bridgehead atoms. The molecule has 17 heavy (non-hydrogen) atoms. The Labute approximate surface area is 99.4 Å². The van der Waals surface area contributed by atoms with Gasteiger partial charge in [-0.25, -0.2) is 4.79 Å². The lowest BCUT2D eigenvalue weighted by molar-refractivity contribution is -0.139. The quantitative estimate of drug-likeness (QED) is 0.439. The summed E-state index contributed by atoms with van der Waals surface area (Å²) in [4.78, 5) is 22.7. The number of nitrogens with zero attached hydrogens (tertiary/aromatic N) is 2. The number of esters is 1. The van der Waals surface area contributed by atoms with Crippen molar-refractivity contribution in [3.63, 3.8) is 0 Å². The van der Waals surface area contributed by atoms with Crippen molar-refractivity contribution in [3.8, 4) is 0 Å². The minimum absolute atomic E-state index is 0.106. The molecule has 0 saturated carbocycles. The number of hydrogen-bond acceptors (Lipinski definition) is 5. The second-order valence-corrected chi connectivity index (χ2v) is 3.85. The lowest BCUT2D eigenvalue weighted by atomic mass is 10.0. The van der Waals surface area contributed by atoms with Crippen LogP contribution < -0.4 is 5.32 Å². The maximum atomic E-state index is 11.7. The molecule has 0 aliphatic carbocycles. The molecule has 1 rings (SSSR count). The van der Waals surface area contributed by atoms with E-state index in [4.69, 9.17) is 4.74 Å². The third kappa shape index (κ3) is 3.51. The van der Waals surface area contributed by atoms with Crippen molar-refractivity contribution in [1.29, 1.82) is 0 Å². The van der Waals surface area contributed by atoms with E-state index in [1.807, 2.05) is 0 Å². The zero-order valence-corrected chi connectivity index (χ0v) is 9.90. The average molecular weight is 237 g/mol. The van der Waals surface area contributed by atoms with Crippen molar-refractivity contribution in [3.05, 3.63) is 24.4 Å². The average Bonchev–Trinajstić information content (AvgIpc) is 2.72. The number of amides is 1. The summed E-state index contributed by atoms with van der Waals surface area (Å²) in [5, 5.41) is 10.0. The standard InChI is InChI=1S/C11H15N3O3/c1-8(2)9(15)17-7-6-12-10(16)11(3)4-5-13-14-11/h4-5H,1,6-7H2,2-3H3,(H,12,16). The molecule has 0 radical (unpaired) electrons. The first-order valence-electron chi connectivity index (χ1n) is 5.16. The van der Waals surface area contributed by atoms with Crippen LogP contribution in [0.1, 0.15) is 13.8 Å². The molecular weight excluding hydrogens is 222 g/mol. The zero-order valence-electron chi connectivity index (χ0n) is 9.90. The highest BCUT2D eigenvalue weighted by Crippen LogP contribution is 2.18. The van der Waals surface area contributed by atoms with E-state index in [0.717, 1.165) is 0 Å². The summed E-state index contributed by atoms with van der Waals surface area (Å²) in [5.74, 6) is -0.743. The number of rotatable bonds is 5. The van der Waals surface area contributed by atoms with Gasteiger partial charge >= 0.3 is 5.97 Å². The minimum Gasteiger partial charge on any atom is -0.460 e. The van der Waals surface area contributed by atoms with E-state index >= 15 is 0 Å². The number of carbonyl (C=O) groups is 2. The van der Waals surface area contributed by atoms with Gasteiger partial charge in [0.05, 0.1) is 6.54 Å². The predicted molar refractivity (Wildman–Crippen MR) is 61.2 cm³/mol. The Bertz CT molecular complexity index is 387. The predicted octanol–water partition coefficient (Wildman–Crippen LogP) is 0.960. The maximum absolute atomic E-state index is 11.7. The van der Waals surface area contributed by atoms with E-state index in [9.17, 15) is 9.59 Å². The Morgan fingerprint density at radius 1 is 1.53 bits per heavy atom. The highest BCUT2D eigenvalue weighted by atomic mass is 16.5. The lowest BCUT2D eigenvalue weighted by Gasteiger charge is -2.15. The van der Waals surface area contributed by atoms with Crippen LogP contribution >= 0.6 is 0 Å². The van der Waals surface area contributed by atoms with E-state index < -0.39 is 11.5 Å². The van der Waals surface area contributed by atoms with Gasteiger partial charge in [-0.3, -0.25) is 4.79 Å². The molecule has 0 spiro atoms. The fraction of sp³-hybridized carbons (Fsp3) is 0.455. The Balaban J connectivity index is 2.26. The number of hydrogen-bond donors (Lipinski definition) is 1. The van der Waals surface area contributed by atoms with Crippen LogP contribution in [-0.4, -0.2) is 30.6 Å². The van der Waals surface area contributed by atoms with Crippen LogP contribution in [0.5, 0.6) is 0 Å². The van der Waals surface area contributed by atoms with E-state index in [-0.39, 0.29) is 19.1 Å². The van der Waals surface area contributed by atoms with Crippen molar-refractivity contribution < 1.29 is 14.3 Å². The Kier molecular flexibility index (Phi) is 4.14. The first kappa shape index (κ1) is 13.1. The molecule has 1 aliphatic heterocycles. The molecule has 0 aromatic heterocycles. The smallest absolute Gasteiger partial charge is 0.333 e. The van der Waals surface area contributed by atoms with Gasteiger partial charge in [-0.2, -0.15) is 10.2 Å². The second kappa shape index (κ2) is 5.38. The molecule has 1 N–H and O–H groups in total. The number of carbonyl (C=O) groups excluding carboxylic acids is 2. The molecule has 1 amide bonds. The molecule has 0 saturated heterocycles. The van der Waals surface area contributed by atoms with Crippen LogP contribution in [0.25, 0.3) is 0 Å². The van der Waals surface area contributed by atoms with E-state index in [1.54, 1.807) is 19.9 Å². The van der Waals surface area contributed by atoms with Gasteiger partial charge in [-0.15, -0.1) is 0 Å². The van der Waals surface area contributed by atoms with E-state index in [0.29, 0.717) is 5.57 Å². The fourth-order valence-corrected chi connectivity index (χ4v) is 1.10. The molecule has 1 heterocycles. The Morgan fingerprint density at radius 2 is 2.24 bits per heavy atom. The normalized spacial score (nSPS) is 21.3. The van der Waals surface area contributed by atoms with Crippen LogP contribution in [0.2, 0.25) is 0 Å². The molecule has 6 nitrogen and oxygen atoms in total. The highest BCUT2D eigenvalue weighted by Gasteiger charge is 2.32. The molecule has 1 aliphatic rings. The number of azo groups is 1. The van der Waals surface area contributed by atoms with Crippen LogP contribution in [0.15, 0.2) is 34.7 Å². The fourth-order valence-electron chi connectivity index (χ4n) is 1.10. The molecular formula is C11H15N3O3. The number of nitrogens with one attached hydrogen (secondary N) is 1. The summed E-state index contributed by atoms with van der Waals surface area (Å²) in [5.41, 5.74) is -0.617. The topological polar surface area (TPSA) is 80.1 Å². The van der Waals surface area contributed by atoms with Crippen molar-refractivity contribution in [2.75, 3.05) is 13.2 Å². The summed E-state index contributed by atoms with van der Waals surface area (Å²) in [7, 11) is 0. The van der Waals surface area contributed by atoms with Gasteiger partial charge in [0, 0.05) is 11.8 Å². The summed E-state index contributed by atoms with van der Waals surface area (Å²) in [6, 6.07) is 0. The van der Waals surface area contributed by atoms with E-state index in [1.165, 1.54) is 6.20 Å². The first-order chi connectivity index (χ1) is 7.96. The molecule has 1 atom stereocenters. The summed E-state index contributed by atoms with van der Waals surface area (Å²) in [6.45, 7) is 6.99. The van der Waals surface area contributed by atoms with Crippen LogP contribution in [-0.2, 0) is 14.3 Å². The molecule has 0 aromatic carbocycles.